The standard InChI is InChI=1S/C12H14N4O5/c1-6-10(11(19)20)7(3-13-6)14-8(17)4-16-9(18)5-15(2)12(16)21/h3,13H,4-5H2,1-2H3,(H,14,17)(H,19,20). The largest absolute Gasteiger partial charge is 0.478 e. The van der Waals surface area contributed by atoms with Gasteiger partial charge in [0.2, 0.25) is 5.91 Å². The molecule has 0 aromatic carbocycles. The highest BCUT2D eigenvalue weighted by Crippen LogP contribution is 2.19. The molecule has 112 valence electrons. The zero-order chi connectivity index (χ0) is 15.7. The van der Waals surface area contributed by atoms with Gasteiger partial charge >= 0.3 is 12.0 Å². The van der Waals surface area contributed by atoms with Gasteiger partial charge in [-0.2, -0.15) is 0 Å². The van der Waals surface area contributed by atoms with E-state index in [2.05, 4.69) is 10.3 Å². The predicted octanol–water partition coefficient (Wildman–Crippen LogP) is -0.146. The second-order valence-corrected chi connectivity index (χ2v) is 4.67. The number of carbonyl (C=O) groups is 4. The Morgan fingerprint density at radius 1 is 1.43 bits per heavy atom. The number of imide groups is 1. The number of aromatic amines is 1. The lowest BCUT2D eigenvalue weighted by atomic mass is 10.2. The molecule has 9 nitrogen and oxygen atoms in total. The minimum Gasteiger partial charge on any atom is -0.478 e. The lowest BCUT2D eigenvalue weighted by molar-refractivity contribution is -0.129. The van der Waals surface area contributed by atoms with Crippen molar-refractivity contribution in [2.45, 2.75) is 6.92 Å². The van der Waals surface area contributed by atoms with E-state index in [1.807, 2.05) is 0 Å². The predicted molar refractivity (Wildman–Crippen MR) is 70.9 cm³/mol. The lowest BCUT2D eigenvalue weighted by Crippen LogP contribution is -2.38. The molecule has 1 aliphatic heterocycles. The maximum absolute atomic E-state index is 11.9. The summed E-state index contributed by atoms with van der Waals surface area (Å²) in [5.41, 5.74) is 0.433. The van der Waals surface area contributed by atoms with Gasteiger partial charge in [-0.1, -0.05) is 0 Å². The number of amides is 4. The van der Waals surface area contributed by atoms with Gasteiger partial charge in [-0.3, -0.25) is 14.5 Å². The monoisotopic (exact) mass is 294 g/mol. The Kier molecular flexibility index (Phi) is 3.66. The molecule has 1 saturated heterocycles. The number of nitrogens with zero attached hydrogens (tertiary/aromatic N) is 2. The minimum absolute atomic E-state index is 0.0560. The quantitative estimate of drug-likeness (QED) is 0.667. The summed E-state index contributed by atoms with van der Waals surface area (Å²) in [6.07, 6.45) is 1.34. The van der Waals surface area contributed by atoms with Gasteiger partial charge in [-0.05, 0) is 6.92 Å². The number of aryl methyl sites for hydroxylation is 1. The van der Waals surface area contributed by atoms with Crippen LogP contribution in [-0.4, -0.2) is 63.8 Å². The third-order valence-corrected chi connectivity index (χ3v) is 3.10. The Labute approximate surface area is 119 Å². The number of urea groups is 1. The fourth-order valence-electron chi connectivity index (χ4n) is 2.06. The van der Waals surface area contributed by atoms with E-state index >= 15 is 0 Å². The number of hydrogen-bond donors (Lipinski definition) is 3. The summed E-state index contributed by atoms with van der Waals surface area (Å²) in [6.45, 7) is 1.03. The molecule has 0 radical (unpaired) electrons. The van der Waals surface area contributed by atoms with Crippen LogP contribution in [0.2, 0.25) is 0 Å². The molecule has 0 unspecified atom stereocenters. The Balaban J connectivity index is 2.08. The van der Waals surface area contributed by atoms with E-state index < -0.39 is 30.4 Å². The molecule has 1 aromatic rings. The van der Waals surface area contributed by atoms with Crippen molar-refractivity contribution in [2.75, 3.05) is 25.5 Å². The third-order valence-electron chi connectivity index (χ3n) is 3.10. The smallest absolute Gasteiger partial charge is 0.339 e. The molecular formula is C12H14N4O5. The zero-order valence-corrected chi connectivity index (χ0v) is 11.5. The number of carbonyl (C=O) groups excluding carboxylic acids is 3. The fourth-order valence-corrected chi connectivity index (χ4v) is 2.06. The van der Waals surface area contributed by atoms with Crippen LogP contribution < -0.4 is 5.32 Å². The first-order valence-corrected chi connectivity index (χ1v) is 6.08. The summed E-state index contributed by atoms with van der Waals surface area (Å²) in [5.74, 6) is -2.30. The van der Waals surface area contributed by atoms with Crippen molar-refractivity contribution in [3.8, 4) is 0 Å². The maximum atomic E-state index is 11.9. The molecule has 2 heterocycles. The molecular weight excluding hydrogens is 280 g/mol. The van der Waals surface area contributed by atoms with Gasteiger partial charge in [0.15, 0.2) is 0 Å². The number of carboxylic acids is 1. The Hall–Kier alpha value is -2.84. The van der Waals surface area contributed by atoms with Crippen LogP contribution in [0, 0.1) is 6.92 Å². The van der Waals surface area contributed by atoms with Gasteiger partial charge in [0.05, 0.1) is 5.69 Å². The molecule has 1 fully saturated rings. The summed E-state index contributed by atoms with van der Waals surface area (Å²) in [7, 11) is 1.45. The molecule has 1 aliphatic rings. The van der Waals surface area contributed by atoms with Crippen LogP contribution in [0.5, 0.6) is 0 Å². The van der Waals surface area contributed by atoms with Crippen LogP contribution in [0.3, 0.4) is 0 Å². The molecule has 0 saturated carbocycles. The summed E-state index contributed by atoms with van der Waals surface area (Å²) in [4.78, 5) is 50.8. The van der Waals surface area contributed by atoms with Crippen molar-refractivity contribution in [2.24, 2.45) is 0 Å². The Morgan fingerprint density at radius 3 is 2.62 bits per heavy atom. The first kappa shape index (κ1) is 14.6. The van der Waals surface area contributed by atoms with E-state index in [0.29, 0.717) is 5.69 Å². The third kappa shape index (κ3) is 2.71. The molecule has 21 heavy (non-hydrogen) atoms. The molecule has 0 bridgehead atoms. The molecule has 0 spiro atoms. The van der Waals surface area contributed by atoms with Crippen molar-refractivity contribution >= 4 is 29.5 Å². The fraction of sp³-hybridized carbons (Fsp3) is 0.333. The van der Waals surface area contributed by atoms with Crippen LogP contribution in [-0.2, 0) is 9.59 Å². The number of carboxylic acid groups (broad SMARTS) is 1. The number of nitrogens with one attached hydrogen (secondary N) is 2. The minimum atomic E-state index is -1.18. The van der Waals surface area contributed by atoms with Crippen LogP contribution in [0.4, 0.5) is 10.5 Å². The van der Waals surface area contributed by atoms with Crippen LogP contribution in [0.25, 0.3) is 0 Å². The zero-order valence-electron chi connectivity index (χ0n) is 11.5. The highest BCUT2D eigenvalue weighted by atomic mass is 16.4. The molecule has 0 aliphatic carbocycles. The molecule has 1 aromatic heterocycles. The average Bonchev–Trinajstić information content (AvgIpc) is 2.85. The summed E-state index contributed by atoms with van der Waals surface area (Å²) >= 11 is 0. The van der Waals surface area contributed by atoms with Gasteiger partial charge in [0.25, 0.3) is 5.91 Å². The van der Waals surface area contributed by atoms with Gasteiger partial charge in [-0.15, -0.1) is 0 Å². The molecule has 2 rings (SSSR count). The average molecular weight is 294 g/mol. The number of hydrogen-bond acceptors (Lipinski definition) is 4. The second kappa shape index (κ2) is 5.27. The Morgan fingerprint density at radius 2 is 2.10 bits per heavy atom. The first-order valence-electron chi connectivity index (χ1n) is 6.08. The lowest BCUT2D eigenvalue weighted by Gasteiger charge is -2.13. The van der Waals surface area contributed by atoms with Crippen molar-refractivity contribution < 1.29 is 24.3 Å². The van der Waals surface area contributed by atoms with E-state index in [4.69, 9.17) is 5.11 Å². The van der Waals surface area contributed by atoms with Gasteiger partial charge < -0.3 is 20.3 Å². The summed E-state index contributed by atoms with van der Waals surface area (Å²) in [6, 6.07) is -0.557. The molecule has 3 N–H and O–H groups in total. The first-order chi connectivity index (χ1) is 9.81. The van der Waals surface area contributed by atoms with Gasteiger partial charge in [-0.25, -0.2) is 9.59 Å². The number of anilines is 1. The molecule has 9 heteroatoms. The van der Waals surface area contributed by atoms with E-state index in [9.17, 15) is 19.2 Å². The summed E-state index contributed by atoms with van der Waals surface area (Å²) < 4.78 is 0. The summed E-state index contributed by atoms with van der Waals surface area (Å²) in [5, 5.41) is 11.4. The number of aromatic carboxylic acids is 1. The van der Waals surface area contributed by atoms with E-state index in [1.54, 1.807) is 6.92 Å². The maximum Gasteiger partial charge on any atom is 0.339 e. The van der Waals surface area contributed by atoms with E-state index in [1.165, 1.54) is 18.1 Å². The van der Waals surface area contributed by atoms with Crippen molar-refractivity contribution in [1.29, 1.82) is 0 Å². The molecule has 4 amide bonds. The number of H-pyrrole nitrogens is 1. The van der Waals surface area contributed by atoms with Gasteiger partial charge in [0, 0.05) is 18.9 Å². The Bertz CT molecular complexity index is 636. The van der Waals surface area contributed by atoms with Crippen molar-refractivity contribution in [3.63, 3.8) is 0 Å². The van der Waals surface area contributed by atoms with Crippen molar-refractivity contribution in [3.05, 3.63) is 17.5 Å². The number of rotatable bonds is 4. The molecule has 0 atom stereocenters. The highest BCUT2D eigenvalue weighted by molar-refractivity contribution is 6.07. The highest BCUT2D eigenvalue weighted by Gasteiger charge is 2.35. The second-order valence-electron chi connectivity index (χ2n) is 4.67. The van der Waals surface area contributed by atoms with Crippen molar-refractivity contribution in [1.82, 2.24) is 14.8 Å². The normalized spacial score (nSPS) is 14.8. The number of aromatic nitrogens is 1. The van der Waals surface area contributed by atoms with Crippen LogP contribution >= 0.6 is 0 Å². The van der Waals surface area contributed by atoms with Crippen LogP contribution in [0.15, 0.2) is 6.20 Å². The number of likely N-dealkylation sites (N-methyl/N-ethyl adjacent to an activating group) is 1. The van der Waals surface area contributed by atoms with Crippen LogP contribution in [0.1, 0.15) is 16.1 Å². The van der Waals surface area contributed by atoms with E-state index in [-0.39, 0.29) is 17.8 Å². The topological polar surface area (TPSA) is 123 Å². The SMILES string of the molecule is Cc1[nH]cc(NC(=O)CN2C(=O)CN(C)C2=O)c1C(=O)O. The van der Waals surface area contributed by atoms with Gasteiger partial charge in [0.1, 0.15) is 18.7 Å². The van der Waals surface area contributed by atoms with E-state index in [0.717, 1.165) is 4.90 Å².